The molecule has 4 nitrogen and oxygen atoms in total. The van der Waals surface area contributed by atoms with Crippen LogP contribution in [0.15, 0.2) is 24.3 Å². The van der Waals surface area contributed by atoms with Crippen molar-refractivity contribution in [1.82, 2.24) is 0 Å². The molecule has 0 radical (unpaired) electrons. The van der Waals surface area contributed by atoms with Crippen LogP contribution in [-0.4, -0.2) is 28.1 Å². The molecule has 0 aliphatic heterocycles. The molecule has 2 rings (SSSR count). The molecule has 0 aromatic heterocycles. The third-order valence-electron chi connectivity index (χ3n) is 4.40. The Morgan fingerprint density at radius 1 is 1.18 bits per heavy atom. The van der Waals surface area contributed by atoms with Gasteiger partial charge in [-0.3, -0.25) is 14.4 Å². The molecule has 4 atom stereocenters. The van der Waals surface area contributed by atoms with Gasteiger partial charge < -0.3 is 5.11 Å². The first kappa shape index (κ1) is 16.5. The predicted octanol–water partition coefficient (Wildman–Crippen LogP) is 2.04. The summed E-state index contributed by atoms with van der Waals surface area (Å²) >= 11 is 0. The predicted molar refractivity (Wildman–Crippen MR) is 77.7 cm³/mol. The Bertz CT molecular complexity index is 618. The standard InChI is InChI=1S/C17H19FO4/c1-9(19)14-13(21)8-17(3,22)16(10(2)20)15(14)11-4-6-12(18)7-5-11/h4-7,14-16,22H,8H2,1-3H3/t14-,15+,16-,17-/m0/s1. The SMILES string of the molecule is CC(=O)[C@H]1C(=O)C[C@](C)(O)[C@@H](C(C)=O)[C@@H]1c1ccc(F)cc1. The maximum atomic E-state index is 13.1. The van der Waals surface area contributed by atoms with Gasteiger partial charge in [-0.25, -0.2) is 4.39 Å². The molecule has 0 heterocycles. The average molecular weight is 306 g/mol. The Labute approximate surface area is 128 Å². The van der Waals surface area contributed by atoms with Gasteiger partial charge in [0, 0.05) is 12.3 Å². The highest BCUT2D eigenvalue weighted by molar-refractivity contribution is 6.05. The molecule has 1 N–H and O–H groups in total. The molecule has 0 unspecified atom stereocenters. The van der Waals surface area contributed by atoms with Crippen molar-refractivity contribution in [3.05, 3.63) is 35.6 Å². The number of hydrogen-bond donors (Lipinski definition) is 1. The summed E-state index contributed by atoms with van der Waals surface area (Å²) in [5, 5.41) is 10.5. The largest absolute Gasteiger partial charge is 0.389 e. The monoisotopic (exact) mass is 306 g/mol. The number of benzene rings is 1. The van der Waals surface area contributed by atoms with E-state index in [-0.39, 0.29) is 23.8 Å². The van der Waals surface area contributed by atoms with E-state index in [4.69, 9.17) is 0 Å². The van der Waals surface area contributed by atoms with Crippen LogP contribution in [0.5, 0.6) is 0 Å². The minimum atomic E-state index is -1.52. The Kier molecular flexibility index (Phi) is 4.29. The van der Waals surface area contributed by atoms with E-state index in [9.17, 15) is 23.9 Å². The fraction of sp³-hybridized carbons (Fsp3) is 0.471. The maximum Gasteiger partial charge on any atom is 0.146 e. The van der Waals surface area contributed by atoms with Crippen molar-refractivity contribution in [2.45, 2.75) is 38.7 Å². The van der Waals surface area contributed by atoms with Gasteiger partial charge in [0.15, 0.2) is 0 Å². The summed E-state index contributed by atoms with van der Waals surface area (Å²) in [7, 11) is 0. The number of ketones is 3. The molecule has 22 heavy (non-hydrogen) atoms. The zero-order chi connectivity index (χ0) is 16.7. The first-order chi connectivity index (χ1) is 10.1. The van der Waals surface area contributed by atoms with E-state index in [0.717, 1.165) is 0 Å². The van der Waals surface area contributed by atoms with E-state index in [1.807, 2.05) is 0 Å². The zero-order valence-electron chi connectivity index (χ0n) is 12.8. The smallest absolute Gasteiger partial charge is 0.146 e. The molecule has 118 valence electrons. The highest BCUT2D eigenvalue weighted by Crippen LogP contribution is 2.46. The fourth-order valence-electron chi connectivity index (χ4n) is 3.59. The molecule has 1 aromatic rings. The molecule has 0 amide bonds. The molecular formula is C17H19FO4. The van der Waals surface area contributed by atoms with Gasteiger partial charge in [-0.1, -0.05) is 12.1 Å². The van der Waals surface area contributed by atoms with Gasteiger partial charge in [-0.2, -0.15) is 0 Å². The van der Waals surface area contributed by atoms with Crippen LogP contribution in [0, 0.1) is 17.7 Å². The molecule has 1 aliphatic carbocycles. The lowest BCUT2D eigenvalue weighted by atomic mass is 9.60. The van der Waals surface area contributed by atoms with Gasteiger partial charge in [0.05, 0.1) is 17.4 Å². The van der Waals surface area contributed by atoms with Crippen LogP contribution < -0.4 is 0 Å². The maximum absolute atomic E-state index is 13.1. The number of Topliss-reactive ketones (excluding diaryl/α,β-unsaturated/α-hetero) is 3. The molecule has 1 fully saturated rings. The summed E-state index contributed by atoms with van der Waals surface area (Å²) in [6.45, 7) is 4.07. The van der Waals surface area contributed by atoms with Crippen LogP contribution >= 0.6 is 0 Å². The average Bonchev–Trinajstić information content (AvgIpc) is 2.36. The molecule has 0 saturated heterocycles. The van der Waals surface area contributed by atoms with Crippen LogP contribution in [-0.2, 0) is 14.4 Å². The van der Waals surface area contributed by atoms with E-state index in [1.165, 1.54) is 45.0 Å². The van der Waals surface area contributed by atoms with Crippen LogP contribution in [0.1, 0.15) is 38.7 Å². The zero-order valence-corrected chi connectivity index (χ0v) is 12.8. The van der Waals surface area contributed by atoms with E-state index >= 15 is 0 Å². The first-order valence-electron chi connectivity index (χ1n) is 7.16. The summed E-state index contributed by atoms with van der Waals surface area (Å²) in [6, 6.07) is 5.36. The first-order valence-corrected chi connectivity index (χ1v) is 7.16. The van der Waals surface area contributed by atoms with Crippen LogP contribution in [0.2, 0.25) is 0 Å². The minimum Gasteiger partial charge on any atom is -0.389 e. The van der Waals surface area contributed by atoms with Crippen molar-refractivity contribution in [3.63, 3.8) is 0 Å². The second kappa shape index (κ2) is 5.72. The molecule has 0 bridgehead atoms. The second-order valence-corrected chi connectivity index (χ2v) is 6.25. The number of carbonyl (C=O) groups excluding carboxylic acids is 3. The number of hydrogen-bond acceptors (Lipinski definition) is 4. The van der Waals surface area contributed by atoms with Crippen molar-refractivity contribution in [1.29, 1.82) is 0 Å². The molecule has 1 saturated carbocycles. The minimum absolute atomic E-state index is 0.237. The molecule has 1 aromatic carbocycles. The van der Waals surface area contributed by atoms with E-state index in [0.29, 0.717) is 5.56 Å². The number of carbonyl (C=O) groups is 3. The molecular weight excluding hydrogens is 287 g/mol. The fourth-order valence-corrected chi connectivity index (χ4v) is 3.59. The summed E-state index contributed by atoms with van der Waals surface area (Å²) in [6.07, 6.45) is -0.237. The lowest BCUT2D eigenvalue weighted by Crippen LogP contribution is -2.53. The van der Waals surface area contributed by atoms with Gasteiger partial charge in [0.1, 0.15) is 23.2 Å². The van der Waals surface area contributed by atoms with Crippen LogP contribution in [0.25, 0.3) is 0 Å². The topological polar surface area (TPSA) is 71.4 Å². The summed E-state index contributed by atoms with van der Waals surface area (Å²) < 4.78 is 13.1. The van der Waals surface area contributed by atoms with Crippen molar-refractivity contribution in [2.75, 3.05) is 0 Å². The normalized spacial score (nSPS) is 31.9. The quantitative estimate of drug-likeness (QED) is 0.868. The van der Waals surface area contributed by atoms with Gasteiger partial charge in [-0.05, 0) is 38.5 Å². The van der Waals surface area contributed by atoms with Gasteiger partial charge >= 0.3 is 0 Å². The molecule has 1 aliphatic rings. The van der Waals surface area contributed by atoms with Crippen molar-refractivity contribution < 1.29 is 23.9 Å². The van der Waals surface area contributed by atoms with Crippen LogP contribution in [0.3, 0.4) is 0 Å². The summed E-state index contributed by atoms with van der Waals surface area (Å²) in [5.74, 6) is -4.11. The Morgan fingerprint density at radius 3 is 2.18 bits per heavy atom. The highest BCUT2D eigenvalue weighted by atomic mass is 19.1. The van der Waals surface area contributed by atoms with E-state index in [2.05, 4.69) is 0 Å². The Morgan fingerprint density at radius 2 is 1.73 bits per heavy atom. The third-order valence-corrected chi connectivity index (χ3v) is 4.40. The highest BCUT2D eigenvalue weighted by Gasteiger charge is 2.53. The summed E-state index contributed by atoms with van der Waals surface area (Å²) in [5.41, 5.74) is -1.01. The molecule has 5 heteroatoms. The van der Waals surface area contributed by atoms with E-state index in [1.54, 1.807) is 0 Å². The van der Waals surface area contributed by atoms with Crippen LogP contribution in [0.4, 0.5) is 4.39 Å². The second-order valence-electron chi connectivity index (χ2n) is 6.25. The molecule has 0 spiro atoms. The van der Waals surface area contributed by atoms with Gasteiger partial charge in [0.2, 0.25) is 0 Å². The lowest BCUT2D eigenvalue weighted by molar-refractivity contribution is -0.151. The Hall–Kier alpha value is -1.88. The lowest BCUT2D eigenvalue weighted by Gasteiger charge is -2.44. The number of aliphatic hydroxyl groups is 1. The van der Waals surface area contributed by atoms with Crippen molar-refractivity contribution in [3.8, 4) is 0 Å². The number of rotatable bonds is 3. The van der Waals surface area contributed by atoms with E-state index < -0.39 is 29.2 Å². The Balaban J connectivity index is 2.61. The van der Waals surface area contributed by atoms with Crippen molar-refractivity contribution in [2.24, 2.45) is 11.8 Å². The van der Waals surface area contributed by atoms with Gasteiger partial charge in [-0.15, -0.1) is 0 Å². The van der Waals surface area contributed by atoms with Gasteiger partial charge in [0.25, 0.3) is 0 Å². The third kappa shape index (κ3) is 2.86. The summed E-state index contributed by atoms with van der Waals surface area (Å²) in [4.78, 5) is 36.3. The van der Waals surface area contributed by atoms with Crippen molar-refractivity contribution >= 4 is 17.3 Å². The number of halogens is 1.